The molecule has 5 nitrogen and oxygen atoms in total. The van der Waals surface area contributed by atoms with E-state index in [1.165, 1.54) is 12.1 Å². The number of nitrogens with zero attached hydrogens (tertiary/aromatic N) is 2. The Bertz CT molecular complexity index is 593. The first-order valence-corrected chi connectivity index (χ1v) is 5.52. The van der Waals surface area contributed by atoms with E-state index in [4.69, 9.17) is 0 Å². The van der Waals surface area contributed by atoms with E-state index in [9.17, 15) is 8.78 Å². The maximum absolute atomic E-state index is 12.8. The highest BCUT2D eigenvalue weighted by Gasteiger charge is 2.43. The molecule has 2 aromatic rings. The fourth-order valence-electron chi connectivity index (χ4n) is 1.66. The van der Waals surface area contributed by atoms with Gasteiger partial charge in [-0.3, -0.25) is 0 Å². The van der Waals surface area contributed by atoms with Crippen LogP contribution in [0.15, 0.2) is 36.7 Å². The number of anilines is 1. The van der Waals surface area contributed by atoms with Crippen molar-refractivity contribution in [1.29, 1.82) is 0 Å². The third-order valence-corrected chi connectivity index (χ3v) is 2.47. The van der Waals surface area contributed by atoms with Gasteiger partial charge in [0.05, 0.1) is 6.54 Å². The molecule has 7 heteroatoms. The van der Waals surface area contributed by atoms with Crippen molar-refractivity contribution in [2.45, 2.75) is 12.8 Å². The molecule has 0 radical (unpaired) electrons. The summed E-state index contributed by atoms with van der Waals surface area (Å²) in [6.07, 6.45) is -0.335. The van der Waals surface area contributed by atoms with Crippen LogP contribution in [0.4, 0.5) is 14.5 Å². The van der Waals surface area contributed by atoms with Crippen LogP contribution in [0.2, 0.25) is 0 Å². The lowest BCUT2D eigenvalue weighted by molar-refractivity contribution is -0.286. The summed E-state index contributed by atoms with van der Waals surface area (Å²) in [5.41, 5.74) is 0.618. The molecule has 0 bridgehead atoms. The lowest BCUT2D eigenvalue weighted by Gasteiger charge is -2.05. The number of alkyl halides is 2. The molecular weight excluding hydrogens is 256 g/mol. The lowest BCUT2D eigenvalue weighted by Crippen LogP contribution is -2.25. The molecule has 1 aliphatic rings. The highest BCUT2D eigenvalue weighted by Crippen LogP contribution is 2.42. The minimum Gasteiger partial charge on any atom is -0.395 e. The van der Waals surface area contributed by atoms with Crippen LogP contribution in [0.25, 0.3) is 0 Å². The van der Waals surface area contributed by atoms with E-state index in [2.05, 4.69) is 24.8 Å². The topological polar surface area (TPSA) is 56.3 Å². The monoisotopic (exact) mass is 265 g/mol. The molecular formula is C12H9F2N3O2. The van der Waals surface area contributed by atoms with E-state index in [0.29, 0.717) is 18.1 Å². The first-order chi connectivity index (χ1) is 9.12. The van der Waals surface area contributed by atoms with E-state index in [1.54, 1.807) is 24.5 Å². The molecule has 0 saturated heterocycles. The summed E-state index contributed by atoms with van der Waals surface area (Å²) < 4.78 is 34.3. The van der Waals surface area contributed by atoms with Crippen molar-refractivity contribution in [2.75, 3.05) is 5.32 Å². The number of ether oxygens (including phenoxy) is 2. The van der Waals surface area contributed by atoms with Crippen LogP contribution in [0, 0.1) is 0 Å². The van der Waals surface area contributed by atoms with Crippen LogP contribution in [0.1, 0.15) is 5.82 Å². The molecule has 98 valence electrons. The zero-order valence-corrected chi connectivity index (χ0v) is 9.64. The van der Waals surface area contributed by atoms with E-state index >= 15 is 0 Å². The Hall–Kier alpha value is -2.44. The number of rotatable bonds is 3. The molecule has 0 aliphatic carbocycles. The summed E-state index contributed by atoms with van der Waals surface area (Å²) in [6.45, 7) is 0.386. The Morgan fingerprint density at radius 2 is 1.84 bits per heavy atom. The molecule has 0 fully saturated rings. The van der Waals surface area contributed by atoms with Crippen molar-refractivity contribution in [2.24, 2.45) is 0 Å². The van der Waals surface area contributed by atoms with Gasteiger partial charge in [0, 0.05) is 24.1 Å². The van der Waals surface area contributed by atoms with Gasteiger partial charge in [-0.05, 0) is 18.2 Å². The van der Waals surface area contributed by atoms with Gasteiger partial charge in [0.1, 0.15) is 5.82 Å². The quantitative estimate of drug-likeness (QED) is 0.923. The average Bonchev–Trinajstić information content (AvgIpc) is 2.70. The van der Waals surface area contributed by atoms with E-state index < -0.39 is 6.29 Å². The number of fused-ring (bicyclic) bond motifs is 1. The Kier molecular flexibility index (Phi) is 2.66. The fourth-order valence-corrected chi connectivity index (χ4v) is 1.66. The lowest BCUT2D eigenvalue weighted by atomic mass is 10.3. The number of hydrogen-bond acceptors (Lipinski definition) is 5. The first kappa shape index (κ1) is 11.6. The third-order valence-electron chi connectivity index (χ3n) is 2.47. The first-order valence-electron chi connectivity index (χ1n) is 5.52. The minimum absolute atomic E-state index is 0.00369. The van der Waals surface area contributed by atoms with Crippen molar-refractivity contribution in [1.82, 2.24) is 9.97 Å². The van der Waals surface area contributed by atoms with Gasteiger partial charge < -0.3 is 14.8 Å². The average molecular weight is 265 g/mol. The molecule has 1 aromatic heterocycles. The Morgan fingerprint density at radius 3 is 2.63 bits per heavy atom. The number of aromatic nitrogens is 2. The Balaban J connectivity index is 1.71. The summed E-state index contributed by atoms with van der Waals surface area (Å²) >= 11 is 0. The van der Waals surface area contributed by atoms with Gasteiger partial charge >= 0.3 is 6.29 Å². The zero-order chi connectivity index (χ0) is 13.3. The van der Waals surface area contributed by atoms with E-state index in [-0.39, 0.29) is 11.5 Å². The molecule has 19 heavy (non-hydrogen) atoms. The zero-order valence-electron chi connectivity index (χ0n) is 9.64. The summed E-state index contributed by atoms with van der Waals surface area (Å²) in [4.78, 5) is 8.08. The van der Waals surface area contributed by atoms with Crippen LogP contribution >= 0.6 is 0 Å². The molecule has 1 aliphatic heterocycles. The highest BCUT2D eigenvalue weighted by atomic mass is 19.3. The van der Waals surface area contributed by atoms with Crippen LogP contribution in [-0.4, -0.2) is 16.3 Å². The summed E-state index contributed by atoms with van der Waals surface area (Å²) in [5.74, 6) is 0.626. The molecule has 0 unspecified atom stereocenters. The summed E-state index contributed by atoms with van der Waals surface area (Å²) in [5, 5.41) is 3.01. The van der Waals surface area contributed by atoms with Crippen LogP contribution in [-0.2, 0) is 6.54 Å². The number of halogens is 2. The molecule has 1 N–H and O–H groups in total. The third kappa shape index (κ3) is 2.54. The van der Waals surface area contributed by atoms with Crippen LogP contribution in [0.5, 0.6) is 11.5 Å². The molecule has 0 saturated carbocycles. The normalized spacial score (nSPS) is 15.3. The Morgan fingerprint density at radius 1 is 1.11 bits per heavy atom. The molecule has 3 rings (SSSR count). The number of nitrogens with one attached hydrogen (secondary N) is 1. The van der Waals surface area contributed by atoms with Crippen molar-refractivity contribution in [3.05, 3.63) is 42.5 Å². The standard InChI is InChI=1S/C12H9F2N3O2/c13-12(14)18-9-3-2-8(6-10(9)19-12)17-7-11-15-4-1-5-16-11/h1-6,17H,7H2. The van der Waals surface area contributed by atoms with Gasteiger partial charge in [-0.25, -0.2) is 9.97 Å². The van der Waals surface area contributed by atoms with Crippen LogP contribution < -0.4 is 14.8 Å². The van der Waals surface area contributed by atoms with Crippen molar-refractivity contribution < 1.29 is 18.3 Å². The molecule has 2 heterocycles. The highest BCUT2D eigenvalue weighted by molar-refractivity contribution is 5.55. The van der Waals surface area contributed by atoms with Gasteiger partial charge in [-0.15, -0.1) is 8.78 Å². The molecule has 1 aromatic carbocycles. The van der Waals surface area contributed by atoms with Crippen molar-refractivity contribution in [3.63, 3.8) is 0 Å². The second kappa shape index (κ2) is 4.34. The number of benzene rings is 1. The van der Waals surface area contributed by atoms with Gasteiger partial charge in [0.2, 0.25) is 0 Å². The predicted molar refractivity (Wildman–Crippen MR) is 62.0 cm³/mol. The maximum Gasteiger partial charge on any atom is 0.586 e. The molecule has 0 atom stereocenters. The van der Waals surface area contributed by atoms with Gasteiger partial charge in [0.25, 0.3) is 0 Å². The Labute approximate surface area is 107 Å². The van der Waals surface area contributed by atoms with Gasteiger partial charge in [-0.2, -0.15) is 0 Å². The summed E-state index contributed by atoms with van der Waals surface area (Å²) in [6, 6.07) is 6.20. The smallest absolute Gasteiger partial charge is 0.395 e. The molecule has 0 spiro atoms. The second-order valence-electron chi connectivity index (χ2n) is 3.85. The predicted octanol–water partition coefficient (Wildman–Crippen LogP) is 2.41. The fraction of sp³-hybridized carbons (Fsp3) is 0.167. The largest absolute Gasteiger partial charge is 0.586 e. The second-order valence-corrected chi connectivity index (χ2v) is 3.85. The van der Waals surface area contributed by atoms with Gasteiger partial charge in [0.15, 0.2) is 11.5 Å². The van der Waals surface area contributed by atoms with Crippen LogP contribution in [0.3, 0.4) is 0 Å². The minimum atomic E-state index is -3.59. The van der Waals surface area contributed by atoms with Crippen molar-refractivity contribution >= 4 is 5.69 Å². The SMILES string of the molecule is FC1(F)Oc2ccc(NCc3ncccn3)cc2O1. The maximum atomic E-state index is 12.8. The molecule has 0 amide bonds. The van der Waals surface area contributed by atoms with Gasteiger partial charge in [-0.1, -0.05) is 0 Å². The summed E-state index contributed by atoms with van der Waals surface area (Å²) in [7, 11) is 0. The number of hydrogen-bond donors (Lipinski definition) is 1. The van der Waals surface area contributed by atoms with E-state index in [0.717, 1.165) is 0 Å². The van der Waals surface area contributed by atoms with Crippen molar-refractivity contribution in [3.8, 4) is 11.5 Å². The van der Waals surface area contributed by atoms with E-state index in [1.807, 2.05) is 0 Å².